The van der Waals surface area contributed by atoms with E-state index >= 15 is 4.39 Å². The highest BCUT2D eigenvalue weighted by atomic mass is 35.5. The second-order valence-corrected chi connectivity index (χ2v) is 8.74. The number of carbonyl (C=O) groups is 2. The molecule has 0 radical (unpaired) electrons. The van der Waals surface area contributed by atoms with Crippen molar-refractivity contribution in [2.45, 2.75) is 12.8 Å². The molecule has 0 atom stereocenters. The number of amides is 2. The van der Waals surface area contributed by atoms with Crippen molar-refractivity contribution in [2.75, 3.05) is 28.6 Å². The number of halogens is 3. The van der Waals surface area contributed by atoms with E-state index in [4.69, 9.17) is 11.6 Å². The Bertz CT molecular complexity index is 1490. The zero-order chi connectivity index (χ0) is 25.2. The van der Waals surface area contributed by atoms with Gasteiger partial charge >= 0.3 is 6.03 Å². The van der Waals surface area contributed by atoms with Gasteiger partial charge < -0.3 is 15.5 Å². The molecule has 1 saturated heterocycles. The average molecular weight is 508 g/mol. The van der Waals surface area contributed by atoms with Gasteiger partial charge in [-0.15, -0.1) is 0 Å². The van der Waals surface area contributed by atoms with Crippen LogP contribution in [0.4, 0.5) is 30.8 Å². The Morgan fingerprint density at radius 2 is 1.75 bits per heavy atom. The first-order chi connectivity index (χ1) is 17.4. The van der Waals surface area contributed by atoms with Gasteiger partial charge in [-0.2, -0.15) is 0 Å². The van der Waals surface area contributed by atoms with E-state index in [0.29, 0.717) is 11.0 Å². The van der Waals surface area contributed by atoms with E-state index in [1.165, 1.54) is 30.3 Å². The number of nitrogens with zero attached hydrogens (tertiary/aromatic N) is 3. The molecule has 0 aliphatic carbocycles. The number of nitrogens with one attached hydrogen (secondary N) is 2. The van der Waals surface area contributed by atoms with Gasteiger partial charge in [0.05, 0.1) is 33.5 Å². The molecule has 36 heavy (non-hydrogen) atoms. The Morgan fingerprint density at radius 1 is 0.944 bits per heavy atom. The van der Waals surface area contributed by atoms with Crippen LogP contribution in [-0.2, 0) is 0 Å². The van der Waals surface area contributed by atoms with Gasteiger partial charge in [0, 0.05) is 24.3 Å². The summed E-state index contributed by atoms with van der Waals surface area (Å²) in [7, 11) is 0. The van der Waals surface area contributed by atoms with Crippen LogP contribution in [0.1, 0.15) is 28.8 Å². The molecular weight excluding hydrogens is 488 g/mol. The molecule has 5 rings (SSSR count). The number of hydrogen-bond acceptors (Lipinski definition) is 5. The van der Waals surface area contributed by atoms with Crippen molar-refractivity contribution in [3.05, 3.63) is 88.6 Å². The zero-order valence-corrected chi connectivity index (χ0v) is 19.6. The molecule has 2 N–H and O–H groups in total. The maximum atomic E-state index is 15.2. The van der Waals surface area contributed by atoms with Crippen LogP contribution in [0.25, 0.3) is 11.0 Å². The van der Waals surface area contributed by atoms with E-state index in [2.05, 4.69) is 25.5 Å². The van der Waals surface area contributed by atoms with Crippen LogP contribution < -0.4 is 15.5 Å². The number of carbonyl (C=O) groups excluding carboxylic acids is 2. The van der Waals surface area contributed by atoms with Crippen molar-refractivity contribution in [2.24, 2.45) is 0 Å². The Kier molecular flexibility index (Phi) is 6.47. The number of rotatable bonds is 5. The Balaban J connectivity index is 1.37. The minimum Gasteiger partial charge on any atom is -0.355 e. The van der Waals surface area contributed by atoms with Gasteiger partial charge in [0.15, 0.2) is 11.6 Å². The molecule has 2 heterocycles. The SMILES string of the molecule is O=C(Nc1ccc(Cl)c(F)c1)Nc1cccc(C(=O)c2ccc3ncc(N4CCCC4)nc3c2)c1F. The second kappa shape index (κ2) is 9.87. The molecular formula is C26H20ClF2N5O2. The highest BCUT2D eigenvalue weighted by Gasteiger charge is 2.20. The van der Waals surface area contributed by atoms with E-state index < -0.39 is 23.4 Å². The summed E-state index contributed by atoms with van der Waals surface area (Å²) in [6.45, 7) is 1.81. The molecule has 2 amide bonds. The molecule has 3 aromatic carbocycles. The highest BCUT2D eigenvalue weighted by molar-refractivity contribution is 6.30. The van der Waals surface area contributed by atoms with Crippen molar-refractivity contribution >= 4 is 51.6 Å². The van der Waals surface area contributed by atoms with Crippen LogP contribution in [0, 0.1) is 11.6 Å². The third kappa shape index (κ3) is 4.83. The Hall–Kier alpha value is -4.11. The van der Waals surface area contributed by atoms with Crippen LogP contribution in [0.5, 0.6) is 0 Å². The molecule has 10 heteroatoms. The number of aromatic nitrogens is 2. The Morgan fingerprint density at radius 3 is 2.53 bits per heavy atom. The summed E-state index contributed by atoms with van der Waals surface area (Å²) < 4.78 is 28.8. The Labute approximate surface area is 210 Å². The van der Waals surface area contributed by atoms with Gasteiger partial charge in [-0.1, -0.05) is 17.7 Å². The fourth-order valence-electron chi connectivity index (χ4n) is 4.06. The summed E-state index contributed by atoms with van der Waals surface area (Å²) in [4.78, 5) is 36.7. The minimum atomic E-state index is -0.892. The lowest BCUT2D eigenvalue weighted by Crippen LogP contribution is -2.21. The van der Waals surface area contributed by atoms with Crippen LogP contribution in [0.3, 0.4) is 0 Å². The zero-order valence-electron chi connectivity index (χ0n) is 18.9. The van der Waals surface area contributed by atoms with E-state index in [1.54, 1.807) is 24.4 Å². The van der Waals surface area contributed by atoms with Gasteiger partial charge in [0.1, 0.15) is 11.6 Å². The van der Waals surface area contributed by atoms with E-state index in [0.717, 1.165) is 37.8 Å². The largest absolute Gasteiger partial charge is 0.355 e. The van der Waals surface area contributed by atoms with Crippen molar-refractivity contribution in [1.29, 1.82) is 0 Å². The number of urea groups is 1. The second-order valence-electron chi connectivity index (χ2n) is 8.33. The molecule has 1 fully saturated rings. The van der Waals surface area contributed by atoms with Crippen molar-refractivity contribution in [3.8, 4) is 0 Å². The lowest BCUT2D eigenvalue weighted by atomic mass is 10.0. The van der Waals surface area contributed by atoms with Crippen LogP contribution in [-0.4, -0.2) is 34.9 Å². The lowest BCUT2D eigenvalue weighted by molar-refractivity contribution is 0.103. The molecule has 0 bridgehead atoms. The van der Waals surface area contributed by atoms with E-state index in [9.17, 15) is 14.0 Å². The molecule has 0 unspecified atom stereocenters. The fraction of sp³-hybridized carbons (Fsp3) is 0.154. The maximum absolute atomic E-state index is 15.2. The predicted molar refractivity (Wildman–Crippen MR) is 135 cm³/mol. The molecule has 1 aliphatic rings. The summed E-state index contributed by atoms with van der Waals surface area (Å²) in [6, 6.07) is 11.9. The standard InChI is InChI=1S/C26H20ClF2N5O2/c27-18-8-7-16(13-19(18)28)31-26(36)33-21-5-3-4-17(24(21)29)25(35)15-6-9-20-22(12-15)32-23(14-30-20)34-10-1-2-11-34/h3-9,12-14H,1-2,10-11H2,(H2,31,33,36). The smallest absolute Gasteiger partial charge is 0.323 e. The summed E-state index contributed by atoms with van der Waals surface area (Å²) in [5.74, 6) is -1.42. The molecule has 0 spiro atoms. The van der Waals surface area contributed by atoms with Gasteiger partial charge in [-0.05, 0) is 61.4 Å². The summed E-state index contributed by atoms with van der Waals surface area (Å²) in [5.41, 5.74) is 1.12. The molecule has 0 saturated carbocycles. The van der Waals surface area contributed by atoms with Crippen molar-refractivity contribution in [1.82, 2.24) is 9.97 Å². The third-order valence-electron chi connectivity index (χ3n) is 5.89. The normalized spacial score (nSPS) is 13.1. The van der Waals surface area contributed by atoms with Crippen molar-refractivity contribution < 1.29 is 18.4 Å². The first-order valence-corrected chi connectivity index (χ1v) is 11.6. The van der Waals surface area contributed by atoms with E-state index in [1.807, 2.05) is 0 Å². The number of benzene rings is 3. The predicted octanol–water partition coefficient (Wildman–Crippen LogP) is 6.04. The van der Waals surface area contributed by atoms with Crippen LogP contribution in [0.15, 0.2) is 60.8 Å². The molecule has 1 aromatic heterocycles. The van der Waals surface area contributed by atoms with Crippen LogP contribution in [0.2, 0.25) is 5.02 Å². The highest BCUT2D eigenvalue weighted by Crippen LogP contribution is 2.25. The molecule has 182 valence electrons. The average Bonchev–Trinajstić information content (AvgIpc) is 3.42. The number of anilines is 3. The number of ketones is 1. The maximum Gasteiger partial charge on any atom is 0.323 e. The summed E-state index contributed by atoms with van der Waals surface area (Å²) in [5, 5.41) is 4.65. The summed E-state index contributed by atoms with van der Waals surface area (Å²) in [6.07, 6.45) is 3.90. The summed E-state index contributed by atoms with van der Waals surface area (Å²) >= 11 is 5.64. The van der Waals surface area contributed by atoms with Gasteiger partial charge in [-0.3, -0.25) is 9.78 Å². The van der Waals surface area contributed by atoms with Crippen LogP contribution >= 0.6 is 11.6 Å². The van der Waals surface area contributed by atoms with Gasteiger partial charge in [0.25, 0.3) is 0 Å². The monoisotopic (exact) mass is 507 g/mol. The van der Waals surface area contributed by atoms with Gasteiger partial charge in [0.2, 0.25) is 0 Å². The molecule has 4 aromatic rings. The van der Waals surface area contributed by atoms with E-state index in [-0.39, 0.29) is 27.5 Å². The topological polar surface area (TPSA) is 87.2 Å². The molecule has 7 nitrogen and oxygen atoms in total. The first kappa shape index (κ1) is 23.6. The lowest BCUT2D eigenvalue weighted by Gasteiger charge is -2.16. The van der Waals surface area contributed by atoms with Crippen molar-refractivity contribution in [3.63, 3.8) is 0 Å². The first-order valence-electron chi connectivity index (χ1n) is 11.3. The quantitative estimate of drug-likeness (QED) is 0.322. The fourth-order valence-corrected chi connectivity index (χ4v) is 4.18. The molecule has 1 aliphatic heterocycles. The van der Waals surface area contributed by atoms with Gasteiger partial charge in [-0.25, -0.2) is 18.6 Å². The third-order valence-corrected chi connectivity index (χ3v) is 6.20. The minimum absolute atomic E-state index is 0.0924. The number of hydrogen-bond donors (Lipinski definition) is 2. The number of fused-ring (bicyclic) bond motifs is 1.